The second kappa shape index (κ2) is 7.03. The summed E-state index contributed by atoms with van der Waals surface area (Å²) in [6.07, 6.45) is -4.56. The first-order valence-corrected chi connectivity index (χ1v) is 8.03. The molecule has 3 rings (SSSR count). The Labute approximate surface area is 156 Å². The minimum absolute atomic E-state index is 0.0309. The van der Waals surface area contributed by atoms with Gasteiger partial charge in [-0.2, -0.15) is 18.3 Å². The summed E-state index contributed by atoms with van der Waals surface area (Å²) in [7, 11) is 0. The number of hydrogen-bond acceptors (Lipinski definition) is 2. The Hall–Kier alpha value is -2.87. The van der Waals surface area contributed by atoms with E-state index >= 15 is 0 Å². The molecule has 1 heterocycles. The van der Waals surface area contributed by atoms with Crippen LogP contribution in [-0.2, 0) is 6.18 Å². The molecule has 0 radical (unpaired) electrons. The molecule has 9 heteroatoms. The second-order valence-corrected chi connectivity index (χ2v) is 6.11. The highest BCUT2D eigenvalue weighted by atomic mass is 35.5. The van der Waals surface area contributed by atoms with Crippen LogP contribution < -0.4 is 5.32 Å². The number of amides is 1. The van der Waals surface area contributed by atoms with Crippen molar-refractivity contribution in [1.82, 2.24) is 9.78 Å². The highest BCUT2D eigenvalue weighted by Crippen LogP contribution is 2.34. The lowest BCUT2D eigenvalue weighted by Gasteiger charge is -2.13. The van der Waals surface area contributed by atoms with Gasteiger partial charge in [-0.15, -0.1) is 0 Å². The van der Waals surface area contributed by atoms with E-state index < -0.39 is 23.5 Å². The Kier molecular flexibility index (Phi) is 4.93. The molecule has 0 unspecified atom stereocenters. The number of halogens is 5. The highest BCUT2D eigenvalue weighted by molar-refractivity contribution is 6.32. The smallest absolute Gasteiger partial charge is 0.306 e. The summed E-state index contributed by atoms with van der Waals surface area (Å²) >= 11 is 6.05. The number of anilines is 1. The van der Waals surface area contributed by atoms with Crippen LogP contribution in [-0.4, -0.2) is 15.7 Å². The Morgan fingerprint density at radius 2 is 1.78 bits per heavy atom. The monoisotopic (exact) mass is 397 g/mol. The van der Waals surface area contributed by atoms with E-state index in [1.807, 2.05) is 0 Å². The van der Waals surface area contributed by atoms with E-state index in [0.29, 0.717) is 5.69 Å². The quantitative estimate of drug-likeness (QED) is 0.614. The zero-order chi connectivity index (χ0) is 19.8. The normalized spacial score (nSPS) is 11.5. The van der Waals surface area contributed by atoms with E-state index in [0.717, 1.165) is 35.0 Å². The molecular weight excluding hydrogens is 386 g/mol. The number of aryl methyl sites for hydroxylation is 1. The summed E-state index contributed by atoms with van der Waals surface area (Å²) < 4.78 is 53.1. The molecule has 1 N–H and O–H groups in total. The van der Waals surface area contributed by atoms with E-state index in [4.69, 9.17) is 11.6 Å². The molecule has 3 aromatic rings. The van der Waals surface area contributed by atoms with Crippen molar-refractivity contribution in [2.45, 2.75) is 13.1 Å². The highest BCUT2D eigenvalue weighted by Gasteiger charge is 2.31. The van der Waals surface area contributed by atoms with Crippen molar-refractivity contribution >= 4 is 23.3 Å². The predicted molar refractivity (Wildman–Crippen MR) is 92.7 cm³/mol. The number of aromatic nitrogens is 2. The number of nitrogens with one attached hydrogen (secondary N) is 1. The van der Waals surface area contributed by atoms with Crippen molar-refractivity contribution in [3.8, 4) is 5.69 Å². The molecule has 0 aliphatic rings. The van der Waals surface area contributed by atoms with E-state index in [1.165, 1.54) is 18.2 Å². The standard InChI is InChI=1S/C18H12ClF4N3O/c1-10-8-16(24-17(27)11-2-5-13(20)6-3-11)26(25-10)15-9-12(18(21,22)23)4-7-14(15)19/h2-9H,1H3,(H,24,27). The van der Waals surface area contributed by atoms with Gasteiger partial charge in [0.2, 0.25) is 0 Å². The molecule has 0 fully saturated rings. The van der Waals surface area contributed by atoms with Crippen molar-refractivity contribution in [2.24, 2.45) is 0 Å². The lowest BCUT2D eigenvalue weighted by Crippen LogP contribution is -2.15. The molecule has 27 heavy (non-hydrogen) atoms. The van der Waals surface area contributed by atoms with Gasteiger partial charge in [0.25, 0.3) is 5.91 Å². The van der Waals surface area contributed by atoms with Crippen molar-refractivity contribution in [2.75, 3.05) is 5.32 Å². The number of alkyl halides is 3. The minimum Gasteiger partial charge on any atom is -0.306 e. The molecule has 0 saturated carbocycles. The Morgan fingerprint density at radius 3 is 2.41 bits per heavy atom. The van der Waals surface area contributed by atoms with Crippen LogP contribution in [0, 0.1) is 12.7 Å². The number of rotatable bonds is 3. The van der Waals surface area contributed by atoms with Gasteiger partial charge in [0, 0.05) is 11.6 Å². The summed E-state index contributed by atoms with van der Waals surface area (Å²) in [6.45, 7) is 1.62. The first kappa shape index (κ1) is 18.9. The lowest BCUT2D eigenvalue weighted by atomic mass is 10.2. The van der Waals surface area contributed by atoms with Gasteiger partial charge < -0.3 is 5.32 Å². The van der Waals surface area contributed by atoms with Gasteiger partial charge in [-0.3, -0.25) is 4.79 Å². The van der Waals surface area contributed by atoms with Crippen LogP contribution in [0.3, 0.4) is 0 Å². The molecule has 4 nitrogen and oxygen atoms in total. The number of carbonyl (C=O) groups is 1. The van der Waals surface area contributed by atoms with Crippen LogP contribution in [0.25, 0.3) is 5.69 Å². The number of carbonyl (C=O) groups excluding carboxylic acids is 1. The summed E-state index contributed by atoms with van der Waals surface area (Å²) in [5, 5.41) is 6.70. The van der Waals surface area contributed by atoms with Crippen LogP contribution in [0.15, 0.2) is 48.5 Å². The Balaban J connectivity index is 1.99. The second-order valence-electron chi connectivity index (χ2n) is 5.71. The maximum Gasteiger partial charge on any atom is 0.416 e. The number of benzene rings is 2. The molecule has 1 aromatic heterocycles. The average Bonchev–Trinajstić information content (AvgIpc) is 2.95. The molecular formula is C18H12ClF4N3O. The maximum atomic E-state index is 13.0. The average molecular weight is 398 g/mol. The summed E-state index contributed by atoms with van der Waals surface area (Å²) in [5.74, 6) is -0.939. The van der Waals surface area contributed by atoms with Crippen LogP contribution in [0.4, 0.5) is 23.4 Å². The van der Waals surface area contributed by atoms with E-state index in [9.17, 15) is 22.4 Å². The SMILES string of the molecule is Cc1cc(NC(=O)c2ccc(F)cc2)n(-c2cc(C(F)(F)F)ccc2Cl)n1. The van der Waals surface area contributed by atoms with Crippen molar-refractivity contribution in [1.29, 1.82) is 0 Å². The van der Waals surface area contributed by atoms with Gasteiger partial charge in [0.15, 0.2) is 0 Å². The van der Waals surface area contributed by atoms with Gasteiger partial charge in [0.05, 0.1) is 22.0 Å². The summed E-state index contributed by atoms with van der Waals surface area (Å²) in [5.41, 5.74) is -0.297. The Bertz CT molecular complexity index is 997. The fourth-order valence-corrected chi connectivity index (χ4v) is 2.61. The van der Waals surface area contributed by atoms with Crippen molar-refractivity contribution < 1.29 is 22.4 Å². The number of hydrogen-bond donors (Lipinski definition) is 1. The van der Waals surface area contributed by atoms with E-state index in [2.05, 4.69) is 10.4 Å². The first-order valence-electron chi connectivity index (χ1n) is 7.66. The van der Waals surface area contributed by atoms with Gasteiger partial charge in [0.1, 0.15) is 11.6 Å². The lowest BCUT2D eigenvalue weighted by molar-refractivity contribution is -0.137. The molecule has 0 aliphatic heterocycles. The molecule has 1 amide bonds. The van der Waals surface area contributed by atoms with Gasteiger partial charge >= 0.3 is 6.18 Å². The predicted octanol–water partition coefficient (Wildman–Crippen LogP) is 5.24. The van der Waals surface area contributed by atoms with Crippen LogP contribution in [0.2, 0.25) is 5.02 Å². The third-order valence-corrected chi connectivity index (χ3v) is 4.00. The van der Waals surface area contributed by atoms with Crippen LogP contribution >= 0.6 is 11.6 Å². The molecule has 0 bridgehead atoms. The van der Waals surface area contributed by atoms with Crippen molar-refractivity contribution in [3.05, 3.63) is 76.2 Å². The number of nitrogens with zero attached hydrogens (tertiary/aromatic N) is 2. The Morgan fingerprint density at radius 1 is 1.11 bits per heavy atom. The van der Waals surface area contributed by atoms with E-state index in [1.54, 1.807) is 6.92 Å². The zero-order valence-corrected chi connectivity index (χ0v) is 14.6. The largest absolute Gasteiger partial charge is 0.416 e. The van der Waals surface area contributed by atoms with Gasteiger partial charge in [-0.05, 0) is 49.4 Å². The van der Waals surface area contributed by atoms with Gasteiger partial charge in [-0.25, -0.2) is 9.07 Å². The summed E-state index contributed by atoms with van der Waals surface area (Å²) in [4.78, 5) is 12.3. The zero-order valence-electron chi connectivity index (χ0n) is 13.8. The summed E-state index contributed by atoms with van der Waals surface area (Å²) in [6, 6.07) is 9.13. The first-order chi connectivity index (χ1) is 12.6. The van der Waals surface area contributed by atoms with Crippen LogP contribution in [0.5, 0.6) is 0 Å². The maximum absolute atomic E-state index is 13.0. The fraction of sp³-hybridized carbons (Fsp3) is 0.111. The fourth-order valence-electron chi connectivity index (χ4n) is 2.41. The topological polar surface area (TPSA) is 46.9 Å². The molecule has 0 atom stereocenters. The van der Waals surface area contributed by atoms with E-state index in [-0.39, 0.29) is 22.1 Å². The molecule has 2 aromatic carbocycles. The van der Waals surface area contributed by atoms with Gasteiger partial charge in [-0.1, -0.05) is 11.6 Å². The molecule has 0 aliphatic carbocycles. The third-order valence-electron chi connectivity index (χ3n) is 3.68. The third kappa shape index (κ3) is 4.11. The van der Waals surface area contributed by atoms with Crippen molar-refractivity contribution in [3.63, 3.8) is 0 Å². The minimum atomic E-state index is -4.56. The molecule has 0 spiro atoms. The molecule has 0 saturated heterocycles. The van der Waals surface area contributed by atoms with Crippen LogP contribution in [0.1, 0.15) is 21.6 Å². The molecule has 140 valence electrons.